The highest BCUT2D eigenvalue weighted by Crippen LogP contribution is 2.31. The van der Waals surface area contributed by atoms with Gasteiger partial charge in [0.1, 0.15) is 5.92 Å². The van der Waals surface area contributed by atoms with Gasteiger partial charge in [0.2, 0.25) is 5.91 Å². The second-order valence-electron chi connectivity index (χ2n) is 3.68. The summed E-state index contributed by atoms with van der Waals surface area (Å²) in [4.78, 5) is 22.6. The Morgan fingerprint density at radius 1 is 1.43 bits per heavy atom. The number of carbonyl (C=O) groups excluding carboxylic acids is 2. The predicted molar refractivity (Wildman–Crippen MR) is 51.3 cm³/mol. The summed E-state index contributed by atoms with van der Waals surface area (Å²) < 4.78 is 4.84. The van der Waals surface area contributed by atoms with Gasteiger partial charge in [0.05, 0.1) is 6.61 Å². The van der Waals surface area contributed by atoms with Crippen molar-refractivity contribution in [3.05, 3.63) is 0 Å². The Balaban J connectivity index is 2.62. The lowest BCUT2D eigenvalue weighted by molar-refractivity contribution is -0.153. The Morgan fingerprint density at radius 3 is 2.43 bits per heavy atom. The molecule has 0 spiro atoms. The molecule has 4 heteroatoms. The van der Waals surface area contributed by atoms with Crippen LogP contribution >= 0.6 is 0 Å². The van der Waals surface area contributed by atoms with Crippen molar-refractivity contribution in [2.24, 2.45) is 17.6 Å². The monoisotopic (exact) mass is 199 g/mol. The van der Waals surface area contributed by atoms with Crippen molar-refractivity contribution >= 4 is 11.9 Å². The Labute approximate surface area is 83.8 Å². The highest BCUT2D eigenvalue weighted by atomic mass is 16.5. The van der Waals surface area contributed by atoms with Crippen LogP contribution in [0.1, 0.15) is 32.6 Å². The Morgan fingerprint density at radius 2 is 2.00 bits per heavy atom. The Kier molecular flexibility index (Phi) is 3.92. The molecular formula is C10H17NO3. The first-order valence-corrected chi connectivity index (χ1v) is 5.12. The lowest BCUT2D eigenvalue weighted by Crippen LogP contribution is -2.36. The van der Waals surface area contributed by atoms with Gasteiger partial charge < -0.3 is 10.5 Å². The van der Waals surface area contributed by atoms with Gasteiger partial charge in [0.25, 0.3) is 0 Å². The summed E-state index contributed by atoms with van der Waals surface area (Å²) in [5.41, 5.74) is 5.21. The molecule has 80 valence electrons. The molecule has 0 aromatic carbocycles. The van der Waals surface area contributed by atoms with E-state index in [0.717, 1.165) is 25.7 Å². The maximum atomic E-state index is 11.4. The van der Waals surface area contributed by atoms with Gasteiger partial charge in [-0.1, -0.05) is 12.8 Å². The molecule has 0 aromatic heterocycles. The SMILES string of the molecule is CCOC(=O)[C@H](C(N)=O)C1CCCC1. The summed E-state index contributed by atoms with van der Waals surface area (Å²) in [6.07, 6.45) is 3.97. The van der Waals surface area contributed by atoms with Crippen molar-refractivity contribution < 1.29 is 14.3 Å². The second kappa shape index (κ2) is 4.98. The van der Waals surface area contributed by atoms with E-state index in [1.165, 1.54) is 0 Å². The number of ether oxygens (including phenoxy) is 1. The minimum absolute atomic E-state index is 0.103. The summed E-state index contributed by atoms with van der Waals surface area (Å²) >= 11 is 0. The van der Waals surface area contributed by atoms with E-state index in [9.17, 15) is 9.59 Å². The number of rotatable bonds is 4. The van der Waals surface area contributed by atoms with Crippen molar-refractivity contribution in [3.63, 3.8) is 0 Å². The summed E-state index contributed by atoms with van der Waals surface area (Å²) in [5, 5.41) is 0. The molecule has 0 radical (unpaired) electrons. The summed E-state index contributed by atoms with van der Waals surface area (Å²) in [6, 6.07) is 0. The van der Waals surface area contributed by atoms with Crippen molar-refractivity contribution in [3.8, 4) is 0 Å². The molecule has 4 nitrogen and oxygen atoms in total. The van der Waals surface area contributed by atoms with E-state index < -0.39 is 17.8 Å². The van der Waals surface area contributed by atoms with E-state index in [0.29, 0.717) is 6.61 Å². The van der Waals surface area contributed by atoms with Crippen LogP contribution in [0, 0.1) is 11.8 Å². The molecule has 1 rings (SSSR count). The highest BCUT2D eigenvalue weighted by molar-refractivity contribution is 5.97. The van der Waals surface area contributed by atoms with E-state index >= 15 is 0 Å². The molecule has 1 saturated carbocycles. The van der Waals surface area contributed by atoms with Gasteiger partial charge in [0, 0.05) is 0 Å². The minimum atomic E-state index is -0.725. The molecule has 0 heterocycles. The number of nitrogens with two attached hydrogens (primary N) is 1. The maximum absolute atomic E-state index is 11.4. The maximum Gasteiger partial charge on any atom is 0.318 e. The van der Waals surface area contributed by atoms with Crippen LogP contribution in [0.5, 0.6) is 0 Å². The van der Waals surface area contributed by atoms with E-state index in [2.05, 4.69) is 0 Å². The zero-order chi connectivity index (χ0) is 10.6. The van der Waals surface area contributed by atoms with Gasteiger partial charge in [-0.05, 0) is 25.7 Å². The largest absolute Gasteiger partial charge is 0.465 e. The van der Waals surface area contributed by atoms with Gasteiger partial charge in [-0.2, -0.15) is 0 Å². The lowest BCUT2D eigenvalue weighted by Gasteiger charge is -2.17. The Bertz CT molecular complexity index is 221. The van der Waals surface area contributed by atoms with Crippen LogP contribution in [0.2, 0.25) is 0 Å². The van der Waals surface area contributed by atoms with Gasteiger partial charge in [-0.25, -0.2) is 0 Å². The molecule has 1 fully saturated rings. The zero-order valence-corrected chi connectivity index (χ0v) is 8.49. The molecule has 0 aliphatic heterocycles. The fraction of sp³-hybridized carbons (Fsp3) is 0.800. The van der Waals surface area contributed by atoms with Crippen LogP contribution in [-0.2, 0) is 14.3 Å². The van der Waals surface area contributed by atoms with Crippen LogP contribution in [0.3, 0.4) is 0 Å². The van der Waals surface area contributed by atoms with Gasteiger partial charge >= 0.3 is 5.97 Å². The molecule has 0 bridgehead atoms. The van der Waals surface area contributed by atoms with Crippen LogP contribution in [0.4, 0.5) is 0 Å². The first kappa shape index (κ1) is 11.0. The molecule has 1 aliphatic carbocycles. The van der Waals surface area contributed by atoms with Crippen LogP contribution in [0.25, 0.3) is 0 Å². The Hall–Kier alpha value is -1.06. The third kappa shape index (κ3) is 2.47. The minimum Gasteiger partial charge on any atom is -0.465 e. The molecule has 2 N–H and O–H groups in total. The topological polar surface area (TPSA) is 69.4 Å². The summed E-state index contributed by atoms with van der Waals surface area (Å²) in [6.45, 7) is 2.03. The van der Waals surface area contributed by atoms with Crippen molar-refractivity contribution in [1.82, 2.24) is 0 Å². The smallest absolute Gasteiger partial charge is 0.318 e. The highest BCUT2D eigenvalue weighted by Gasteiger charge is 2.35. The first-order valence-electron chi connectivity index (χ1n) is 5.12. The van der Waals surface area contributed by atoms with Crippen molar-refractivity contribution in [1.29, 1.82) is 0 Å². The molecule has 1 aliphatic rings. The normalized spacial score (nSPS) is 19.2. The average molecular weight is 199 g/mol. The number of hydrogen-bond donors (Lipinski definition) is 1. The number of esters is 1. The molecule has 1 atom stereocenters. The molecule has 14 heavy (non-hydrogen) atoms. The molecule has 0 saturated heterocycles. The van der Waals surface area contributed by atoms with Gasteiger partial charge in [0.15, 0.2) is 0 Å². The fourth-order valence-electron chi connectivity index (χ4n) is 2.06. The van der Waals surface area contributed by atoms with E-state index in [1.54, 1.807) is 6.92 Å². The summed E-state index contributed by atoms with van der Waals surface area (Å²) in [7, 11) is 0. The number of hydrogen-bond acceptors (Lipinski definition) is 3. The molecular weight excluding hydrogens is 182 g/mol. The zero-order valence-electron chi connectivity index (χ0n) is 8.49. The van der Waals surface area contributed by atoms with Gasteiger partial charge in [-0.15, -0.1) is 0 Å². The van der Waals surface area contributed by atoms with Crippen molar-refractivity contribution in [2.45, 2.75) is 32.6 Å². The third-order valence-electron chi connectivity index (χ3n) is 2.72. The molecule has 0 unspecified atom stereocenters. The third-order valence-corrected chi connectivity index (χ3v) is 2.72. The van der Waals surface area contributed by atoms with Gasteiger partial charge in [-0.3, -0.25) is 9.59 Å². The fourth-order valence-corrected chi connectivity index (χ4v) is 2.06. The summed E-state index contributed by atoms with van der Waals surface area (Å²) in [5.74, 6) is -1.62. The predicted octanol–water partition coefficient (Wildman–Crippen LogP) is 0.841. The molecule has 1 amide bonds. The van der Waals surface area contributed by atoms with E-state index in [1.807, 2.05) is 0 Å². The first-order chi connectivity index (χ1) is 6.66. The van der Waals surface area contributed by atoms with Crippen LogP contribution in [0.15, 0.2) is 0 Å². The average Bonchev–Trinajstić information content (AvgIpc) is 2.57. The lowest BCUT2D eigenvalue weighted by atomic mass is 9.90. The second-order valence-corrected chi connectivity index (χ2v) is 3.68. The van der Waals surface area contributed by atoms with Crippen LogP contribution < -0.4 is 5.73 Å². The quantitative estimate of drug-likeness (QED) is 0.539. The molecule has 0 aromatic rings. The number of amides is 1. The van der Waals surface area contributed by atoms with Crippen molar-refractivity contribution in [2.75, 3.05) is 6.61 Å². The van der Waals surface area contributed by atoms with E-state index in [-0.39, 0.29) is 5.92 Å². The van der Waals surface area contributed by atoms with Crippen LogP contribution in [-0.4, -0.2) is 18.5 Å². The number of primary amides is 1. The standard InChI is InChI=1S/C10H17NO3/c1-2-14-10(13)8(9(11)12)7-5-3-4-6-7/h7-8H,2-6H2,1H3,(H2,11,12)/t8-/m0/s1. The van der Waals surface area contributed by atoms with E-state index in [4.69, 9.17) is 10.5 Å². The number of carbonyl (C=O) groups is 2.